The molecule has 0 aromatic carbocycles. The molecule has 0 saturated heterocycles. The van der Waals surface area contributed by atoms with Crippen LogP contribution in [0.5, 0.6) is 0 Å². The van der Waals surface area contributed by atoms with Gasteiger partial charge in [-0.15, -0.1) is 5.10 Å². The molecule has 0 fully saturated rings. The lowest BCUT2D eigenvalue weighted by Crippen LogP contribution is -1.95. The van der Waals surface area contributed by atoms with Crippen LogP contribution in [0.1, 0.15) is 10.7 Å². The van der Waals surface area contributed by atoms with Crippen LogP contribution in [0.25, 0.3) is 0 Å². The van der Waals surface area contributed by atoms with E-state index in [-0.39, 0.29) is 11.1 Å². The van der Waals surface area contributed by atoms with Gasteiger partial charge < -0.3 is 9.52 Å². The molecule has 0 amide bonds. The fraction of sp³-hybridized carbons (Fsp3) is 0.250. The quantitative estimate of drug-likeness (QED) is 0.634. The molecule has 0 radical (unpaired) electrons. The highest BCUT2D eigenvalue weighted by Crippen LogP contribution is 2.10. The number of rotatable bonds is 2. The first-order valence-corrected chi connectivity index (χ1v) is 3.57. The van der Waals surface area contributed by atoms with Crippen molar-refractivity contribution in [1.82, 2.24) is 10.2 Å². The molecule has 0 aliphatic carbocycles. The monoisotopic (exact) mass is 160 g/mol. The molecule has 0 saturated carbocycles. The summed E-state index contributed by atoms with van der Waals surface area (Å²) in [6, 6.07) is 0. The zero-order valence-corrected chi connectivity index (χ0v) is 5.88. The maximum absolute atomic E-state index is 10.1. The number of aromatic nitrogens is 2. The third-order valence-electron chi connectivity index (χ3n) is 0.764. The number of carboxylic acids is 1. The number of carboxylic acid groups (broad SMARTS) is 1. The number of carbonyl (C=O) groups is 1. The van der Waals surface area contributed by atoms with Crippen LogP contribution in [0.2, 0.25) is 0 Å². The highest BCUT2D eigenvalue weighted by atomic mass is 32.2. The van der Waals surface area contributed by atoms with Gasteiger partial charge in [-0.25, -0.2) is 4.79 Å². The van der Waals surface area contributed by atoms with Crippen LogP contribution in [-0.2, 0) is 0 Å². The molecule has 1 N–H and O–H groups in total. The van der Waals surface area contributed by atoms with E-state index < -0.39 is 5.97 Å². The Kier molecular flexibility index (Phi) is 1.91. The Hall–Kier alpha value is -1.04. The standard InChI is InChI=1S/C4H4N2O3S/c1-10-4-6-5-2(9-4)3(7)8/h1H3,(H,7,8). The van der Waals surface area contributed by atoms with E-state index in [1.54, 1.807) is 6.26 Å². The van der Waals surface area contributed by atoms with Gasteiger partial charge in [0.1, 0.15) is 0 Å². The summed E-state index contributed by atoms with van der Waals surface area (Å²) in [6.07, 6.45) is 1.72. The van der Waals surface area contributed by atoms with E-state index in [2.05, 4.69) is 14.6 Å². The smallest absolute Gasteiger partial charge is 0.393 e. The van der Waals surface area contributed by atoms with Crippen LogP contribution in [-0.4, -0.2) is 27.5 Å². The van der Waals surface area contributed by atoms with Crippen molar-refractivity contribution in [3.63, 3.8) is 0 Å². The van der Waals surface area contributed by atoms with E-state index >= 15 is 0 Å². The second-order valence-corrected chi connectivity index (χ2v) is 2.14. The zero-order chi connectivity index (χ0) is 7.56. The number of thioether (sulfide) groups is 1. The van der Waals surface area contributed by atoms with Crippen molar-refractivity contribution in [3.05, 3.63) is 5.89 Å². The van der Waals surface area contributed by atoms with E-state index in [4.69, 9.17) is 5.11 Å². The first-order valence-electron chi connectivity index (χ1n) is 2.35. The Morgan fingerprint density at radius 1 is 1.70 bits per heavy atom. The Labute approximate surface area is 60.4 Å². The summed E-state index contributed by atoms with van der Waals surface area (Å²) in [7, 11) is 0. The zero-order valence-electron chi connectivity index (χ0n) is 5.07. The molecule has 54 valence electrons. The Morgan fingerprint density at radius 2 is 2.40 bits per heavy atom. The Balaban J connectivity index is 2.88. The molecule has 1 aromatic heterocycles. The van der Waals surface area contributed by atoms with Crippen LogP contribution < -0.4 is 0 Å². The minimum atomic E-state index is -1.20. The molecule has 0 aliphatic rings. The van der Waals surface area contributed by atoms with E-state index in [0.29, 0.717) is 0 Å². The van der Waals surface area contributed by atoms with Crippen molar-refractivity contribution in [1.29, 1.82) is 0 Å². The topological polar surface area (TPSA) is 76.2 Å². The minimum absolute atomic E-state index is 0.261. The van der Waals surface area contributed by atoms with Crippen molar-refractivity contribution in [2.45, 2.75) is 5.22 Å². The lowest BCUT2D eigenvalue weighted by atomic mass is 10.7. The highest BCUT2D eigenvalue weighted by molar-refractivity contribution is 7.98. The third-order valence-corrected chi connectivity index (χ3v) is 1.28. The number of hydrogen-bond donors (Lipinski definition) is 1. The van der Waals surface area contributed by atoms with Gasteiger partial charge in [0.25, 0.3) is 5.22 Å². The largest absolute Gasteiger partial charge is 0.474 e. The molecule has 0 unspecified atom stereocenters. The van der Waals surface area contributed by atoms with E-state index in [9.17, 15) is 4.79 Å². The normalized spacial score (nSPS) is 9.70. The van der Waals surface area contributed by atoms with Crippen molar-refractivity contribution in [3.8, 4) is 0 Å². The minimum Gasteiger partial charge on any atom is -0.474 e. The lowest BCUT2D eigenvalue weighted by Gasteiger charge is -1.80. The van der Waals surface area contributed by atoms with Crippen LogP contribution in [0.15, 0.2) is 9.64 Å². The van der Waals surface area contributed by atoms with Crippen molar-refractivity contribution < 1.29 is 14.3 Å². The molecule has 10 heavy (non-hydrogen) atoms. The fourth-order valence-corrected chi connectivity index (χ4v) is 0.663. The van der Waals surface area contributed by atoms with Gasteiger partial charge >= 0.3 is 11.9 Å². The van der Waals surface area contributed by atoms with Crippen LogP contribution in [0.4, 0.5) is 0 Å². The van der Waals surface area contributed by atoms with Crippen LogP contribution in [0, 0.1) is 0 Å². The summed E-state index contributed by atoms with van der Waals surface area (Å²) >= 11 is 1.20. The predicted octanol–water partition coefficient (Wildman–Crippen LogP) is 0.490. The molecule has 0 aliphatic heterocycles. The Bertz CT molecular complexity index is 246. The first-order chi connectivity index (χ1) is 4.74. The summed E-state index contributed by atoms with van der Waals surface area (Å²) in [5.74, 6) is -1.57. The van der Waals surface area contributed by atoms with E-state index in [1.807, 2.05) is 0 Å². The summed E-state index contributed by atoms with van der Waals surface area (Å²) in [5, 5.41) is 15.2. The van der Waals surface area contributed by atoms with Gasteiger partial charge in [-0.3, -0.25) is 0 Å². The molecule has 6 heteroatoms. The second kappa shape index (κ2) is 2.70. The van der Waals surface area contributed by atoms with Gasteiger partial charge in [-0.05, 0) is 6.26 Å². The number of nitrogens with zero attached hydrogens (tertiary/aromatic N) is 2. The third kappa shape index (κ3) is 1.27. The highest BCUT2D eigenvalue weighted by Gasteiger charge is 2.11. The average molecular weight is 160 g/mol. The molecule has 1 rings (SSSR count). The van der Waals surface area contributed by atoms with E-state index in [0.717, 1.165) is 0 Å². The number of hydrogen-bond acceptors (Lipinski definition) is 5. The van der Waals surface area contributed by atoms with Crippen molar-refractivity contribution in [2.75, 3.05) is 6.26 Å². The van der Waals surface area contributed by atoms with Gasteiger partial charge in [0, 0.05) is 0 Å². The fourth-order valence-electron chi connectivity index (χ4n) is 0.379. The van der Waals surface area contributed by atoms with Crippen molar-refractivity contribution in [2.24, 2.45) is 0 Å². The summed E-state index contributed by atoms with van der Waals surface area (Å²) in [6.45, 7) is 0. The molecular weight excluding hydrogens is 156 g/mol. The molecule has 0 spiro atoms. The summed E-state index contributed by atoms with van der Waals surface area (Å²) in [5.41, 5.74) is 0. The van der Waals surface area contributed by atoms with Gasteiger partial charge in [-0.2, -0.15) is 0 Å². The molecule has 0 bridgehead atoms. The molecule has 0 atom stereocenters. The summed E-state index contributed by atoms with van der Waals surface area (Å²) in [4.78, 5) is 10.1. The van der Waals surface area contributed by atoms with Gasteiger partial charge in [-0.1, -0.05) is 16.9 Å². The Morgan fingerprint density at radius 3 is 2.70 bits per heavy atom. The van der Waals surface area contributed by atoms with Gasteiger partial charge in [0.05, 0.1) is 0 Å². The first kappa shape index (κ1) is 7.07. The van der Waals surface area contributed by atoms with Gasteiger partial charge in [0.15, 0.2) is 0 Å². The second-order valence-electron chi connectivity index (χ2n) is 1.38. The predicted molar refractivity (Wildman–Crippen MR) is 33.0 cm³/mol. The van der Waals surface area contributed by atoms with Crippen LogP contribution >= 0.6 is 11.8 Å². The SMILES string of the molecule is CSc1nnc(C(=O)O)o1. The molecular formula is C4H4N2O3S. The summed E-state index contributed by atoms with van der Waals surface area (Å²) < 4.78 is 4.64. The maximum atomic E-state index is 10.1. The maximum Gasteiger partial charge on any atom is 0.393 e. The van der Waals surface area contributed by atoms with Crippen molar-refractivity contribution >= 4 is 17.7 Å². The van der Waals surface area contributed by atoms with Gasteiger partial charge in [0.2, 0.25) is 0 Å². The average Bonchev–Trinajstić information content (AvgIpc) is 2.34. The van der Waals surface area contributed by atoms with E-state index in [1.165, 1.54) is 11.8 Å². The molecule has 1 aromatic rings. The number of aromatic carboxylic acids is 1. The van der Waals surface area contributed by atoms with Crippen LogP contribution in [0.3, 0.4) is 0 Å². The molecule has 5 nitrogen and oxygen atoms in total. The lowest BCUT2D eigenvalue weighted by molar-refractivity contribution is 0.0648. The molecule has 1 heterocycles.